The van der Waals surface area contributed by atoms with Crippen LogP contribution in [0.4, 0.5) is 5.69 Å². The number of aromatic nitrogens is 2. The molecule has 0 aliphatic rings. The molecule has 5 heteroatoms. The number of anilines is 1. The fraction of sp³-hybridized carbons (Fsp3) is 0. The second-order valence-corrected chi connectivity index (χ2v) is 2.93. The van der Waals surface area contributed by atoms with Crippen molar-refractivity contribution in [3.05, 3.63) is 46.9 Å². The van der Waals surface area contributed by atoms with Crippen molar-refractivity contribution in [3.63, 3.8) is 0 Å². The predicted octanol–water partition coefficient (Wildman–Crippen LogP) is 0.734. The Labute approximate surface area is 85.3 Å². The van der Waals surface area contributed by atoms with Gasteiger partial charge in [-0.1, -0.05) is 18.2 Å². The van der Waals surface area contributed by atoms with Crippen LogP contribution in [0.15, 0.2) is 41.3 Å². The largest absolute Gasteiger partial charge is 0.323 e. The van der Waals surface area contributed by atoms with E-state index in [-0.39, 0.29) is 11.2 Å². The minimum absolute atomic E-state index is 0.230. The highest BCUT2D eigenvalue weighted by Crippen LogP contribution is 2.04. The summed E-state index contributed by atoms with van der Waals surface area (Å²) in [6.07, 6.45) is 1.92. The Kier molecular flexibility index (Phi) is 2.37. The number of benzene rings is 1. The maximum Gasteiger partial charge on any atom is 0.294 e. The van der Waals surface area contributed by atoms with E-state index in [0.717, 1.165) is 5.69 Å². The number of para-hydroxylation sites is 1. The summed E-state index contributed by atoms with van der Waals surface area (Å²) in [5.41, 5.74) is 0.670. The monoisotopic (exact) mass is 203 g/mol. The van der Waals surface area contributed by atoms with Gasteiger partial charge in [0.15, 0.2) is 0 Å². The number of nitrogens with one attached hydrogen (secondary N) is 2. The number of H-pyrrole nitrogens is 1. The van der Waals surface area contributed by atoms with E-state index < -0.39 is 0 Å². The molecule has 0 bridgehead atoms. The third kappa shape index (κ3) is 1.67. The molecule has 2 aromatic rings. The number of hydrogen-bond acceptors (Lipinski definition) is 2. The Morgan fingerprint density at radius 2 is 2.00 bits per heavy atom. The lowest BCUT2D eigenvalue weighted by Gasteiger charge is -1.98. The van der Waals surface area contributed by atoms with Gasteiger partial charge in [0, 0.05) is 6.20 Å². The van der Waals surface area contributed by atoms with E-state index in [4.69, 9.17) is 0 Å². The Morgan fingerprint density at radius 1 is 1.27 bits per heavy atom. The number of aromatic amines is 1. The first-order chi connectivity index (χ1) is 7.33. The molecule has 0 saturated carbocycles. The Hall–Kier alpha value is -2.30. The Morgan fingerprint density at radius 3 is 2.67 bits per heavy atom. The van der Waals surface area contributed by atoms with Crippen molar-refractivity contribution in [2.45, 2.75) is 0 Å². The average Bonchev–Trinajstić information content (AvgIpc) is 2.63. The van der Waals surface area contributed by atoms with E-state index >= 15 is 0 Å². The molecule has 2 rings (SSSR count). The molecule has 1 amide bonds. The molecule has 0 saturated heterocycles. The van der Waals surface area contributed by atoms with E-state index in [1.54, 1.807) is 12.1 Å². The quantitative estimate of drug-likeness (QED) is 0.722. The summed E-state index contributed by atoms with van der Waals surface area (Å²) >= 11 is 0. The summed E-state index contributed by atoms with van der Waals surface area (Å²) in [6, 6.07) is 9.11. The highest BCUT2D eigenvalue weighted by Gasteiger charge is 2.05. The second kappa shape index (κ2) is 3.83. The van der Waals surface area contributed by atoms with E-state index in [1.165, 1.54) is 10.9 Å². The fourth-order valence-electron chi connectivity index (χ4n) is 1.31. The fourth-order valence-corrected chi connectivity index (χ4v) is 1.31. The summed E-state index contributed by atoms with van der Waals surface area (Å²) in [5, 5.41) is 5.08. The first-order valence-corrected chi connectivity index (χ1v) is 4.39. The van der Waals surface area contributed by atoms with Gasteiger partial charge in [-0.05, 0) is 12.1 Å². The van der Waals surface area contributed by atoms with Crippen molar-refractivity contribution in [3.8, 4) is 5.69 Å². The minimum atomic E-state index is -0.284. The molecule has 0 fully saturated rings. The SMILES string of the molecule is O=CNc1c[nH]n(-c2ccccc2)c1=O. The second-order valence-electron chi connectivity index (χ2n) is 2.93. The number of carbonyl (C=O) groups is 1. The molecule has 2 N–H and O–H groups in total. The summed E-state index contributed by atoms with van der Waals surface area (Å²) in [6.45, 7) is 0. The van der Waals surface area contributed by atoms with Crippen molar-refractivity contribution < 1.29 is 4.79 Å². The number of amides is 1. The van der Waals surface area contributed by atoms with Crippen LogP contribution in [0.1, 0.15) is 0 Å². The van der Waals surface area contributed by atoms with Crippen LogP contribution in [0.25, 0.3) is 5.69 Å². The molecule has 1 heterocycles. The zero-order valence-electron chi connectivity index (χ0n) is 7.81. The van der Waals surface area contributed by atoms with E-state index in [1.807, 2.05) is 18.2 Å². The van der Waals surface area contributed by atoms with E-state index in [2.05, 4.69) is 10.4 Å². The third-order valence-electron chi connectivity index (χ3n) is 2.00. The number of nitrogens with zero attached hydrogens (tertiary/aromatic N) is 1. The minimum Gasteiger partial charge on any atom is -0.323 e. The van der Waals surface area contributed by atoms with Crippen molar-refractivity contribution >= 4 is 12.1 Å². The molecule has 0 atom stereocenters. The van der Waals surface area contributed by atoms with E-state index in [0.29, 0.717) is 6.41 Å². The zero-order valence-corrected chi connectivity index (χ0v) is 7.81. The molecule has 1 aromatic carbocycles. The van der Waals surface area contributed by atoms with Crippen molar-refractivity contribution in [2.75, 3.05) is 5.32 Å². The Balaban J connectivity index is 2.47. The van der Waals surface area contributed by atoms with Gasteiger partial charge in [-0.2, -0.15) is 0 Å². The highest BCUT2D eigenvalue weighted by atomic mass is 16.1. The normalized spacial score (nSPS) is 9.87. The lowest BCUT2D eigenvalue weighted by atomic mass is 10.3. The molecule has 0 radical (unpaired) electrons. The smallest absolute Gasteiger partial charge is 0.294 e. The molecule has 76 valence electrons. The van der Waals surface area contributed by atoms with Crippen LogP contribution in [0.3, 0.4) is 0 Å². The van der Waals surface area contributed by atoms with Crippen LogP contribution in [0.2, 0.25) is 0 Å². The van der Waals surface area contributed by atoms with Gasteiger partial charge in [-0.25, -0.2) is 4.68 Å². The van der Waals surface area contributed by atoms with Gasteiger partial charge in [0.25, 0.3) is 5.56 Å². The van der Waals surface area contributed by atoms with Crippen LogP contribution in [0.5, 0.6) is 0 Å². The van der Waals surface area contributed by atoms with Crippen LogP contribution in [-0.2, 0) is 4.79 Å². The van der Waals surface area contributed by atoms with Gasteiger partial charge < -0.3 is 5.32 Å². The summed E-state index contributed by atoms with van der Waals surface area (Å²) in [7, 11) is 0. The number of hydrogen-bond donors (Lipinski definition) is 2. The van der Waals surface area contributed by atoms with Gasteiger partial charge in [-0.15, -0.1) is 0 Å². The predicted molar refractivity (Wildman–Crippen MR) is 56.1 cm³/mol. The zero-order chi connectivity index (χ0) is 10.7. The molecular weight excluding hydrogens is 194 g/mol. The maximum atomic E-state index is 11.7. The van der Waals surface area contributed by atoms with Crippen molar-refractivity contribution in [1.29, 1.82) is 0 Å². The molecule has 5 nitrogen and oxygen atoms in total. The summed E-state index contributed by atoms with van der Waals surface area (Å²) in [4.78, 5) is 21.9. The first kappa shape index (κ1) is 9.26. The lowest BCUT2D eigenvalue weighted by molar-refractivity contribution is -0.105. The lowest BCUT2D eigenvalue weighted by Crippen LogP contribution is -2.17. The van der Waals surface area contributed by atoms with Crippen LogP contribution in [0, 0.1) is 0 Å². The Bertz CT molecular complexity index is 513. The van der Waals surface area contributed by atoms with Gasteiger partial charge >= 0.3 is 0 Å². The van der Waals surface area contributed by atoms with Gasteiger partial charge in [0.05, 0.1) is 5.69 Å². The highest BCUT2D eigenvalue weighted by molar-refractivity contribution is 5.70. The van der Waals surface area contributed by atoms with Crippen molar-refractivity contribution in [2.24, 2.45) is 0 Å². The molecule has 0 aliphatic carbocycles. The van der Waals surface area contributed by atoms with Crippen LogP contribution < -0.4 is 10.9 Å². The average molecular weight is 203 g/mol. The van der Waals surface area contributed by atoms with Crippen molar-refractivity contribution in [1.82, 2.24) is 9.78 Å². The number of carbonyl (C=O) groups excluding carboxylic acids is 1. The molecule has 0 spiro atoms. The molecule has 0 unspecified atom stereocenters. The topological polar surface area (TPSA) is 66.9 Å². The van der Waals surface area contributed by atoms with Gasteiger partial charge in [0.2, 0.25) is 6.41 Å². The molecule has 0 aliphatic heterocycles. The third-order valence-corrected chi connectivity index (χ3v) is 2.00. The molecule has 15 heavy (non-hydrogen) atoms. The van der Waals surface area contributed by atoms with Gasteiger partial charge in [0.1, 0.15) is 5.69 Å². The van der Waals surface area contributed by atoms with Crippen LogP contribution in [-0.4, -0.2) is 16.2 Å². The summed E-state index contributed by atoms with van der Waals surface area (Å²) < 4.78 is 1.35. The van der Waals surface area contributed by atoms with E-state index in [9.17, 15) is 9.59 Å². The summed E-state index contributed by atoms with van der Waals surface area (Å²) in [5.74, 6) is 0. The molecular formula is C10H9N3O2. The first-order valence-electron chi connectivity index (χ1n) is 4.39. The van der Waals surface area contributed by atoms with Gasteiger partial charge in [-0.3, -0.25) is 14.7 Å². The van der Waals surface area contributed by atoms with Crippen LogP contribution >= 0.6 is 0 Å². The standard InChI is InChI=1S/C10H9N3O2/c14-7-11-9-6-12-13(10(9)15)8-4-2-1-3-5-8/h1-7,12H,(H,11,14). The maximum absolute atomic E-state index is 11.7. The number of rotatable bonds is 3. The molecule has 1 aromatic heterocycles.